The summed E-state index contributed by atoms with van der Waals surface area (Å²) in [5, 5.41) is 7.61. The van der Waals surface area contributed by atoms with Gasteiger partial charge < -0.3 is 14.8 Å². The first kappa shape index (κ1) is 17.7. The summed E-state index contributed by atoms with van der Waals surface area (Å²) >= 11 is 5.19. The number of rotatable bonds is 6. The summed E-state index contributed by atoms with van der Waals surface area (Å²) in [6.45, 7) is 3.94. The molecular formula is C18H21N3O2S. The molecule has 0 aromatic heterocycles. The van der Waals surface area contributed by atoms with Crippen LogP contribution in [0.1, 0.15) is 19.4 Å². The molecule has 126 valence electrons. The van der Waals surface area contributed by atoms with Crippen molar-refractivity contribution < 1.29 is 9.47 Å². The van der Waals surface area contributed by atoms with E-state index in [9.17, 15) is 0 Å². The van der Waals surface area contributed by atoms with Crippen molar-refractivity contribution in [2.75, 3.05) is 12.4 Å². The molecule has 2 aromatic carbocycles. The molecule has 0 saturated carbocycles. The summed E-state index contributed by atoms with van der Waals surface area (Å²) in [5.41, 5.74) is 4.57. The number of hydrogen-bond acceptors (Lipinski definition) is 4. The zero-order valence-corrected chi connectivity index (χ0v) is 14.8. The number of para-hydroxylation sites is 1. The number of hydrazone groups is 1. The summed E-state index contributed by atoms with van der Waals surface area (Å²) in [6, 6.07) is 15.3. The van der Waals surface area contributed by atoms with Crippen LogP contribution in [-0.2, 0) is 0 Å². The summed E-state index contributed by atoms with van der Waals surface area (Å²) < 4.78 is 11.0. The molecule has 0 fully saturated rings. The van der Waals surface area contributed by atoms with Gasteiger partial charge in [-0.2, -0.15) is 5.10 Å². The van der Waals surface area contributed by atoms with Crippen LogP contribution in [0.5, 0.6) is 11.5 Å². The first-order chi connectivity index (χ1) is 11.6. The highest BCUT2D eigenvalue weighted by Gasteiger charge is 2.06. The zero-order chi connectivity index (χ0) is 17.4. The smallest absolute Gasteiger partial charge is 0.191 e. The van der Waals surface area contributed by atoms with Crippen molar-refractivity contribution in [2.24, 2.45) is 5.10 Å². The fraction of sp³-hybridized carbons (Fsp3) is 0.222. The number of methoxy groups -OCH3 is 1. The Morgan fingerprint density at radius 3 is 2.54 bits per heavy atom. The average molecular weight is 343 g/mol. The van der Waals surface area contributed by atoms with Crippen LogP contribution in [0.3, 0.4) is 0 Å². The van der Waals surface area contributed by atoms with Gasteiger partial charge >= 0.3 is 0 Å². The number of benzene rings is 2. The summed E-state index contributed by atoms with van der Waals surface area (Å²) in [7, 11) is 1.62. The maximum absolute atomic E-state index is 5.74. The van der Waals surface area contributed by atoms with E-state index < -0.39 is 0 Å². The van der Waals surface area contributed by atoms with Crippen molar-refractivity contribution in [3.05, 3.63) is 54.1 Å². The van der Waals surface area contributed by atoms with Gasteiger partial charge in [0.1, 0.15) is 0 Å². The Morgan fingerprint density at radius 1 is 1.12 bits per heavy atom. The number of hydrogen-bond donors (Lipinski definition) is 2. The van der Waals surface area contributed by atoms with E-state index in [1.807, 2.05) is 62.4 Å². The highest BCUT2D eigenvalue weighted by molar-refractivity contribution is 7.80. The van der Waals surface area contributed by atoms with Gasteiger partial charge in [0.15, 0.2) is 16.6 Å². The van der Waals surface area contributed by atoms with E-state index in [4.69, 9.17) is 21.7 Å². The lowest BCUT2D eigenvalue weighted by atomic mass is 10.2. The van der Waals surface area contributed by atoms with E-state index in [1.165, 1.54) is 0 Å². The molecule has 0 radical (unpaired) electrons. The van der Waals surface area contributed by atoms with Crippen molar-refractivity contribution >= 4 is 29.2 Å². The molecule has 0 aliphatic rings. The molecule has 0 amide bonds. The van der Waals surface area contributed by atoms with Gasteiger partial charge in [-0.1, -0.05) is 18.2 Å². The summed E-state index contributed by atoms with van der Waals surface area (Å²) in [6.07, 6.45) is 1.73. The van der Waals surface area contributed by atoms with Gasteiger partial charge in [0, 0.05) is 5.69 Å². The molecule has 0 unspecified atom stereocenters. The highest BCUT2D eigenvalue weighted by Crippen LogP contribution is 2.28. The Labute approximate surface area is 147 Å². The normalized spacial score (nSPS) is 10.7. The second kappa shape index (κ2) is 8.88. The van der Waals surface area contributed by atoms with Crippen LogP contribution < -0.4 is 20.2 Å². The average Bonchev–Trinajstić information content (AvgIpc) is 2.55. The van der Waals surface area contributed by atoms with E-state index in [2.05, 4.69) is 15.8 Å². The lowest BCUT2D eigenvalue weighted by Gasteiger charge is -2.13. The van der Waals surface area contributed by atoms with E-state index >= 15 is 0 Å². The molecule has 0 aliphatic carbocycles. The van der Waals surface area contributed by atoms with Gasteiger partial charge in [-0.25, -0.2) is 0 Å². The Balaban J connectivity index is 1.97. The minimum absolute atomic E-state index is 0.0619. The van der Waals surface area contributed by atoms with Crippen molar-refractivity contribution in [1.82, 2.24) is 5.43 Å². The third kappa shape index (κ3) is 5.55. The summed E-state index contributed by atoms with van der Waals surface area (Å²) in [4.78, 5) is 0. The monoisotopic (exact) mass is 343 g/mol. The number of nitrogens with zero attached hydrogens (tertiary/aromatic N) is 1. The van der Waals surface area contributed by atoms with Gasteiger partial charge in [-0.3, -0.25) is 5.43 Å². The predicted molar refractivity (Wildman–Crippen MR) is 102 cm³/mol. The van der Waals surface area contributed by atoms with Crippen molar-refractivity contribution in [3.63, 3.8) is 0 Å². The summed E-state index contributed by atoms with van der Waals surface area (Å²) in [5.74, 6) is 1.37. The Kier molecular flexibility index (Phi) is 6.57. The van der Waals surface area contributed by atoms with Crippen molar-refractivity contribution in [1.29, 1.82) is 0 Å². The van der Waals surface area contributed by atoms with Crippen LogP contribution in [0.4, 0.5) is 5.69 Å². The molecule has 0 atom stereocenters. The molecule has 0 heterocycles. The lowest BCUT2D eigenvalue weighted by Crippen LogP contribution is -2.23. The van der Waals surface area contributed by atoms with Crippen LogP contribution in [0.25, 0.3) is 0 Å². The maximum atomic E-state index is 5.74. The van der Waals surface area contributed by atoms with E-state index in [0.29, 0.717) is 16.6 Å². The Hall–Kier alpha value is -2.60. The minimum atomic E-state index is 0.0619. The van der Waals surface area contributed by atoms with Gasteiger partial charge in [0.2, 0.25) is 0 Å². The number of nitrogens with one attached hydrogen (secondary N) is 2. The third-order valence-electron chi connectivity index (χ3n) is 2.96. The Morgan fingerprint density at radius 2 is 1.88 bits per heavy atom. The van der Waals surface area contributed by atoms with Gasteiger partial charge in [-0.05, 0) is 62.0 Å². The zero-order valence-electron chi connectivity index (χ0n) is 13.9. The highest BCUT2D eigenvalue weighted by atomic mass is 32.1. The largest absolute Gasteiger partial charge is 0.493 e. The maximum Gasteiger partial charge on any atom is 0.191 e. The SMILES string of the molecule is COc1ccc(/C=N/NC(=S)Nc2ccccc2)cc1OC(C)C. The van der Waals surface area contributed by atoms with Gasteiger partial charge in [-0.15, -0.1) is 0 Å². The van der Waals surface area contributed by atoms with Crippen LogP contribution >= 0.6 is 12.2 Å². The second-order valence-corrected chi connectivity index (χ2v) is 5.68. The topological polar surface area (TPSA) is 54.9 Å². The molecule has 2 rings (SSSR count). The standard InChI is InChI=1S/C18H21N3O2S/c1-13(2)23-17-11-14(9-10-16(17)22-3)12-19-21-18(24)20-15-7-5-4-6-8-15/h4-13H,1-3H3,(H2,20,21,24)/b19-12+. The van der Waals surface area contributed by atoms with E-state index in [-0.39, 0.29) is 6.10 Å². The molecule has 0 aliphatic heterocycles. The van der Waals surface area contributed by atoms with Crippen molar-refractivity contribution in [2.45, 2.75) is 20.0 Å². The van der Waals surface area contributed by atoms with Gasteiger partial charge in [0.05, 0.1) is 19.4 Å². The Bertz CT molecular complexity index is 703. The van der Waals surface area contributed by atoms with Gasteiger partial charge in [0.25, 0.3) is 0 Å². The number of ether oxygens (including phenoxy) is 2. The predicted octanol–water partition coefficient (Wildman–Crippen LogP) is 3.80. The molecule has 0 bridgehead atoms. The minimum Gasteiger partial charge on any atom is -0.493 e. The van der Waals surface area contributed by atoms with Crippen molar-refractivity contribution in [3.8, 4) is 11.5 Å². The first-order valence-electron chi connectivity index (χ1n) is 7.58. The quantitative estimate of drug-likeness (QED) is 0.475. The number of thiocarbonyl (C=S) groups is 1. The fourth-order valence-corrected chi connectivity index (χ4v) is 2.14. The van der Waals surface area contributed by atoms with Crippen LogP contribution in [0, 0.1) is 0 Å². The molecule has 6 heteroatoms. The molecule has 2 N–H and O–H groups in total. The molecule has 24 heavy (non-hydrogen) atoms. The molecule has 5 nitrogen and oxygen atoms in total. The molecule has 0 spiro atoms. The van der Waals surface area contributed by atoms with E-state index in [0.717, 1.165) is 11.3 Å². The molecular weight excluding hydrogens is 322 g/mol. The first-order valence-corrected chi connectivity index (χ1v) is 7.99. The van der Waals surface area contributed by atoms with Crippen LogP contribution in [0.15, 0.2) is 53.6 Å². The second-order valence-electron chi connectivity index (χ2n) is 5.27. The van der Waals surface area contributed by atoms with Crippen LogP contribution in [-0.4, -0.2) is 24.5 Å². The lowest BCUT2D eigenvalue weighted by molar-refractivity contribution is 0.230. The fourth-order valence-electron chi connectivity index (χ4n) is 1.97. The number of anilines is 1. The molecule has 2 aromatic rings. The molecule has 0 saturated heterocycles. The van der Waals surface area contributed by atoms with Crippen LogP contribution in [0.2, 0.25) is 0 Å². The van der Waals surface area contributed by atoms with E-state index in [1.54, 1.807) is 13.3 Å². The third-order valence-corrected chi connectivity index (χ3v) is 3.16.